The van der Waals surface area contributed by atoms with Crippen molar-refractivity contribution in [2.24, 2.45) is 5.41 Å². The summed E-state index contributed by atoms with van der Waals surface area (Å²) in [6, 6.07) is 5.43. The fourth-order valence-corrected chi connectivity index (χ4v) is 2.48. The van der Waals surface area contributed by atoms with E-state index in [-0.39, 0.29) is 18.0 Å². The lowest BCUT2D eigenvalue weighted by atomic mass is 10.1. The maximum atomic E-state index is 11.4. The first-order valence-corrected chi connectivity index (χ1v) is 7.08. The summed E-state index contributed by atoms with van der Waals surface area (Å²) in [7, 11) is 1.37. The van der Waals surface area contributed by atoms with Crippen LogP contribution in [-0.2, 0) is 11.3 Å². The molecule has 1 fully saturated rings. The summed E-state index contributed by atoms with van der Waals surface area (Å²) >= 11 is 3.46. The Morgan fingerprint density at radius 3 is 2.79 bits per heavy atom. The van der Waals surface area contributed by atoms with Gasteiger partial charge < -0.3 is 15.2 Å². The quantitative estimate of drug-likeness (QED) is 0.785. The number of aliphatic hydroxyl groups is 1. The molecule has 0 unspecified atom stereocenters. The topological polar surface area (TPSA) is 58.6 Å². The van der Waals surface area contributed by atoms with E-state index in [0.29, 0.717) is 12.1 Å². The minimum atomic E-state index is -0.336. The molecular weight excluding hydrogens is 310 g/mol. The molecular formula is C14H18BrNO3. The van der Waals surface area contributed by atoms with E-state index in [4.69, 9.17) is 0 Å². The van der Waals surface area contributed by atoms with Crippen LogP contribution in [0.2, 0.25) is 0 Å². The second-order valence-corrected chi connectivity index (χ2v) is 5.91. The lowest BCUT2D eigenvalue weighted by Crippen LogP contribution is -2.26. The number of halogens is 1. The molecule has 19 heavy (non-hydrogen) atoms. The summed E-state index contributed by atoms with van der Waals surface area (Å²) in [5.41, 5.74) is 1.73. The number of aliphatic hydroxyl groups excluding tert-OH is 1. The molecule has 2 rings (SSSR count). The zero-order valence-corrected chi connectivity index (χ0v) is 12.5. The van der Waals surface area contributed by atoms with E-state index in [9.17, 15) is 9.90 Å². The number of ether oxygens (including phenoxy) is 1. The van der Waals surface area contributed by atoms with Gasteiger partial charge in [0.05, 0.1) is 12.7 Å². The van der Waals surface area contributed by atoms with E-state index in [0.717, 1.165) is 29.4 Å². The minimum absolute atomic E-state index is 0.110. The average molecular weight is 328 g/mol. The summed E-state index contributed by atoms with van der Waals surface area (Å²) in [5, 5.41) is 12.6. The molecule has 1 aromatic rings. The van der Waals surface area contributed by atoms with Crippen LogP contribution in [0, 0.1) is 5.41 Å². The van der Waals surface area contributed by atoms with Gasteiger partial charge in [0.15, 0.2) is 0 Å². The normalized spacial score (nSPS) is 16.2. The molecule has 0 radical (unpaired) electrons. The summed E-state index contributed by atoms with van der Waals surface area (Å²) in [4.78, 5) is 11.4. The molecule has 104 valence electrons. The second kappa shape index (κ2) is 6.03. The van der Waals surface area contributed by atoms with Crippen molar-refractivity contribution in [2.75, 3.05) is 20.3 Å². The molecule has 4 nitrogen and oxygen atoms in total. The van der Waals surface area contributed by atoms with Gasteiger partial charge in [0.1, 0.15) is 0 Å². The Hall–Kier alpha value is -0.910. The van der Waals surface area contributed by atoms with Gasteiger partial charge in [-0.15, -0.1) is 0 Å². The highest BCUT2D eigenvalue weighted by Gasteiger charge is 2.41. The van der Waals surface area contributed by atoms with Crippen LogP contribution in [0.1, 0.15) is 28.8 Å². The third-order valence-corrected chi connectivity index (χ3v) is 4.32. The molecule has 0 spiro atoms. The zero-order chi connectivity index (χ0) is 13.9. The SMILES string of the molecule is COC(=O)c1ccc(CNCC2(CO)CC2)c(Br)c1. The van der Waals surface area contributed by atoms with Crippen molar-refractivity contribution in [1.82, 2.24) is 5.32 Å². The number of benzene rings is 1. The number of methoxy groups -OCH3 is 1. The van der Waals surface area contributed by atoms with Crippen LogP contribution >= 0.6 is 15.9 Å². The number of hydrogen-bond donors (Lipinski definition) is 2. The van der Waals surface area contributed by atoms with Gasteiger partial charge >= 0.3 is 5.97 Å². The predicted molar refractivity (Wildman–Crippen MR) is 75.9 cm³/mol. The summed E-state index contributed by atoms with van der Waals surface area (Å²) in [6.45, 7) is 1.79. The van der Waals surface area contributed by atoms with Gasteiger partial charge in [-0.2, -0.15) is 0 Å². The van der Waals surface area contributed by atoms with E-state index in [1.54, 1.807) is 12.1 Å². The van der Waals surface area contributed by atoms with Crippen LogP contribution in [0.3, 0.4) is 0 Å². The summed E-state index contributed by atoms with van der Waals surface area (Å²) in [5.74, 6) is -0.336. The van der Waals surface area contributed by atoms with Crippen molar-refractivity contribution >= 4 is 21.9 Å². The number of carbonyl (C=O) groups is 1. The van der Waals surface area contributed by atoms with E-state index in [2.05, 4.69) is 26.0 Å². The van der Waals surface area contributed by atoms with Crippen molar-refractivity contribution < 1.29 is 14.6 Å². The number of carbonyl (C=O) groups excluding carboxylic acids is 1. The first-order valence-electron chi connectivity index (χ1n) is 6.28. The molecule has 0 aliphatic heterocycles. The molecule has 1 aliphatic carbocycles. The number of hydrogen-bond acceptors (Lipinski definition) is 4. The van der Waals surface area contributed by atoms with E-state index in [1.165, 1.54) is 7.11 Å². The number of nitrogens with one attached hydrogen (secondary N) is 1. The average Bonchev–Trinajstić information content (AvgIpc) is 3.20. The molecule has 1 saturated carbocycles. The van der Waals surface area contributed by atoms with E-state index < -0.39 is 0 Å². The van der Waals surface area contributed by atoms with Gasteiger partial charge in [-0.05, 0) is 30.5 Å². The van der Waals surface area contributed by atoms with Crippen LogP contribution in [0.15, 0.2) is 22.7 Å². The Morgan fingerprint density at radius 2 is 2.26 bits per heavy atom. The van der Waals surface area contributed by atoms with E-state index in [1.807, 2.05) is 6.07 Å². The van der Waals surface area contributed by atoms with Crippen LogP contribution in [0.5, 0.6) is 0 Å². The van der Waals surface area contributed by atoms with Gasteiger partial charge in [0, 0.05) is 29.6 Å². The molecule has 0 amide bonds. The largest absolute Gasteiger partial charge is 0.465 e. The van der Waals surface area contributed by atoms with Gasteiger partial charge in [-0.3, -0.25) is 0 Å². The third-order valence-electron chi connectivity index (χ3n) is 3.58. The van der Waals surface area contributed by atoms with Crippen LogP contribution < -0.4 is 5.32 Å². The van der Waals surface area contributed by atoms with Crippen molar-refractivity contribution in [3.63, 3.8) is 0 Å². The monoisotopic (exact) mass is 327 g/mol. The number of rotatable bonds is 6. The molecule has 1 aliphatic rings. The Kier molecular flexibility index (Phi) is 4.60. The van der Waals surface area contributed by atoms with Crippen molar-refractivity contribution in [2.45, 2.75) is 19.4 Å². The lowest BCUT2D eigenvalue weighted by molar-refractivity contribution is 0.0600. The maximum Gasteiger partial charge on any atom is 0.337 e. The third kappa shape index (κ3) is 3.55. The molecule has 1 aromatic carbocycles. The Balaban J connectivity index is 1.92. The van der Waals surface area contributed by atoms with Gasteiger partial charge in [-0.1, -0.05) is 22.0 Å². The highest BCUT2D eigenvalue weighted by molar-refractivity contribution is 9.10. The maximum absolute atomic E-state index is 11.4. The van der Waals surface area contributed by atoms with E-state index >= 15 is 0 Å². The molecule has 0 bridgehead atoms. The first-order chi connectivity index (χ1) is 9.10. The molecule has 0 saturated heterocycles. The fraction of sp³-hybridized carbons (Fsp3) is 0.500. The molecule has 2 N–H and O–H groups in total. The van der Waals surface area contributed by atoms with Crippen LogP contribution in [0.4, 0.5) is 0 Å². The molecule has 0 aromatic heterocycles. The second-order valence-electron chi connectivity index (χ2n) is 5.06. The van der Waals surface area contributed by atoms with Crippen molar-refractivity contribution in [3.05, 3.63) is 33.8 Å². The van der Waals surface area contributed by atoms with Gasteiger partial charge in [0.2, 0.25) is 0 Å². The summed E-state index contributed by atoms with van der Waals surface area (Å²) in [6.07, 6.45) is 2.19. The Morgan fingerprint density at radius 1 is 1.53 bits per heavy atom. The Bertz CT molecular complexity index is 472. The summed E-state index contributed by atoms with van der Waals surface area (Å²) < 4.78 is 5.56. The predicted octanol–water partition coefficient (Wildman–Crippen LogP) is 2.10. The van der Waals surface area contributed by atoms with Crippen molar-refractivity contribution in [3.8, 4) is 0 Å². The number of esters is 1. The highest BCUT2D eigenvalue weighted by Crippen LogP contribution is 2.44. The molecule has 5 heteroatoms. The van der Waals surface area contributed by atoms with Gasteiger partial charge in [-0.25, -0.2) is 4.79 Å². The molecule has 0 atom stereocenters. The lowest BCUT2D eigenvalue weighted by Gasteiger charge is -2.13. The minimum Gasteiger partial charge on any atom is -0.465 e. The zero-order valence-electron chi connectivity index (χ0n) is 10.9. The van der Waals surface area contributed by atoms with Gasteiger partial charge in [0.25, 0.3) is 0 Å². The first kappa shape index (κ1) is 14.5. The Labute approximate surface area is 121 Å². The fourth-order valence-electron chi connectivity index (χ4n) is 1.97. The smallest absolute Gasteiger partial charge is 0.337 e. The standard InChI is InChI=1S/C14H18BrNO3/c1-19-13(18)10-2-3-11(12(15)6-10)7-16-8-14(9-17)4-5-14/h2-3,6,16-17H,4-5,7-9H2,1H3. The van der Waals surface area contributed by atoms with Crippen LogP contribution in [0.25, 0.3) is 0 Å². The van der Waals surface area contributed by atoms with Crippen molar-refractivity contribution in [1.29, 1.82) is 0 Å². The molecule has 0 heterocycles. The van der Waals surface area contributed by atoms with Crippen LogP contribution in [-0.4, -0.2) is 31.3 Å². The highest BCUT2D eigenvalue weighted by atomic mass is 79.9.